The highest BCUT2D eigenvalue weighted by molar-refractivity contribution is 6.05. The van der Waals surface area contributed by atoms with Gasteiger partial charge in [-0.05, 0) is 55.3 Å². The van der Waals surface area contributed by atoms with Crippen molar-refractivity contribution in [2.45, 2.75) is 12.8 Å². The second-order valence-corrected chi connectivity index (χ2v) is 6.35. The number of rotatable bonds is 5. The molecule has 0 radical (unpaired) electrons. The van der Waals surface area contributed by atoms with Crippen LogP contribution in [0.3, 0.4) is 0 Å². The van der Waals surface area contributed by atoms with Crippen molar-refractivity contribution in [3.63, 3.8) is 0 Å². The number of nitrogens with zero attached hydrogens (tertiary/aromatic N) is 1. The number of hydrogen-bond acceptors (Lipinski definition) is 3. The van der Waals surface area contributed by atoms with Gasteiger partial charge >= 0.3 is 0 Å². The lowest BCUT2D eigenvalue weighted by atomic mass is 10.1. The van der Waals surface area contributed by atoms with Gasteiger partial charge in [0, 0.05) is 34.6 Å². The van der Waals surface area contributed by atoms with E-state index in [0.717, 1.165) is 24.1 Å². The molecular weight excluding hydrogens is 328 g/mol. The SMILES string of the molecule is O=C(Nc1cccc(-c2ccn[nH]2)c1)c1ccc(NC(=O)C2CC2)cc1. The summed E-state index contributed by atoms with van der Waals surface area (Å²) >= 11 is 0. The van der Waals surface area contributed by atoms with E-state index in [1.165, 1.54) is 0 Å². The summed E-state index contributed by atoms with van der Waals surface area (Å²) in [4.78, 5) is 24.2. The van der Waals surface area contributed by atoms with Crippen LogP contribution in [-0.2, 0) is 4.79 Å². The van der Waals surface area contributed by atoms with Gasteiger partial charge in [-0.3, -0.25) is 14.7 Å². The average molecular weight is 346 g/mol. The van der Waals surface area contributed by atoms with E-state index in [4.69, 9.17) is 0 Å². The van der Waals surface area contributed by atoms with Gasteiger partial charge in [-0.25, -0.2) is 0 Å². The van der Waals surface area contributed by atoms with Crippen molar-refractivity contribution in [1.82, 2.24) is 10.2 Å². The van der Waals surface area contributed by atoms with Crippen molar-refractivity contribution < 1.29 is 9.59 Å². The Morgan fingerprint density at radius 2 is 1.77 bits per heavy atom. The van der Waals surface area contributed by atoms with Crippen molar-refractivity contribution in [1.29, 1.82) is 0 Å². The maximum atomic E-state index is 12.4. The van der Waals surface area contributed by atoms with E-state index in [0.29, 0.717) is 16.9 Å². The lowest BCUT2D eigenvalue weighted by molar-refractivity contribution is -0.117. The number of anilines is 2. The molecule has 26 heavy (non-hydrogen) atoms. The van der Waals surface area contributed by atoms with Crippen LogP contribution >= 0.6 is 0 Å². The zero-order chi connectivity index (χ0) is 17.9. The fraction of sp³-hybridized carbons (Fsp3) is 0.150. The Bertz CT molecular complexity index is 929. The zero-order valence-electron chi connectivity index (χ0n) is 14.0. The molecule has 0 spiro atoms. The highest BCUT2D eigenvalue weighted by Gasteiger charge is 2.29. The van der Waals surface area contributed by atoms with E-state index in [1.54, 1.807) is 30.5 Å². The molecule has 130 valence electrons. The van der Waals surface area contributed by atoms with Crippen LogP contribution in [0.25, 0.3) is 11.3 Å². The predicted molar refractivity (Wildman–Crippen MR) is 99.8 cm³/mol. The van der Waals surface area contributed by atoms with Gasteiger partial charge in [-0.1, -0.05) is 12.1 Å². The molecule has 0 bridgehead atoms. The van der Waals surface area contributed by atoms with Crippen LogP contribution in [0.15, 0.2) is 60.8 Å². The molecule has 2 amide bonds. The molecule has 1 aliphatic carbocycles. The first-order chi connectivity index (χ1) is 12.7. The number of H-pyrrole nitrogens is 1. The minimum atomic E-state index is -0.202. The monoisotopic (exact) mass is 346 g/mol. The third kappa shape index (κ3) is 3.64. The Morgan fingerprint density at radius 1 is 0.962 bits per heavy atom. The molecular formula is C20H18N4O2. The van der Waals surface area contributed by atoms with Gasteiger partial charge in [-0.15, -0.1) is 0 Å². The van der Waals surface area contributed by atoms with E-state index in [-0.39, 0.29) is 17.7 Å². The highest BCUT2D eigenvalue weighted by atomic mass is 16.2. The molecule has 3 aromatic rings. The summed E-state index contributed by atoms with van der Waals surface area (Å²) in [5, 5.41) is 12.6. The maximum absolute atomic E-state index is 12.4. The van der Waals surface area contributed by atoms with E-state index >= 15 is 0 Å². The largest absolute Gasteiger partial charge is 0.326 e. The van der Waals surface area contributed by atoms with E-state index in [1.807, 2.05) is 30.3 Å². The summed E-state index contributed by atoms with van der Waals surface area (Å²) in [6.07, 6.45) is 3.61. The zero-order valence-corrected chi connectivity index (χ0v) is 14.0. The van der Waals surface area contributed by atoms with Crippen LogP contribution in [-0.4, -0.2) is 22.0 Å². The number of aromatic amines is 1. The van der Waals surface area contributed by atoms with Crippen molar-refractivity contribution in [2.75, 3.05) is 10.6 Å². The van der Waals surface area contributed by atoms with Gasteiger partial charge in [0.25, 0.3) is 5.91 Å². The van der Waals surface area contributed by atoms with Gasteiger partial charge in [0.15, 0.2) is 0 Å². The topological polar surface area (TPSA) is 86.9 Å². The fourth-order valence-electron chi connectivity index (χ4n) is 2.68. The summed E-state index contributed by atoms with van der Waals surface area (Å²) in [6.45, 7) is 0. The van der Waals surface area contributed by atoms with Crippen LogP contribution in [0.4, 0.5) is 11.4 Å². The van der Waals surface area contributed by atoms with Crippen LogP contribution < -0.4 is 10.6 Å². The molecule has 6 nitrogen and oxygen atoms in total. The molecule has 0 saturated heterocycles. The predicted octanol–water partition coefficient (Wildman–Crippen LogP) is 3.68. The quantitative estimate of drug-likeness (QED) is 0.659. The minimum Gasteiger partial charge on any atom is -0.326 e. The normalized spacial score (nSPS) is 13.2. The molecule has 0 unspecified atom stereocenters. The van der Waals surface area contributed by atoms with Gasteiger partial charge in [0.1, 0.15) is 0 Å². The van der Waals surface area contributed by atoms with Crippen molar-refractivity contribution in [3.05, 3.63) is 66.4 Å². The molecule has 1 saturated carbocycles. The number of amides is 2. The summed E-state index contributed by atoms with van der Waals surface area (Å²) in [6, 6.07) is 16.3. The number of nitrogens with one attached hydrogen (secondary N) is 3. The minimum absolute atomic E-state index is 0.0535. The lowest BCUT2D eigenvalue weighted by Gasteiger charge is -2.08. The Kier molecular flexibility index (Phi) is 4.23. The Hall–Kier alpha value is -3.41. The second-order valence-electron chi connectivity index (χ2n) is 6.35. The molecule has 0 aliphatic heterocycles. The molecule has 1 aliphatic rings. The summed E-state index contributed by atoms with van der Waals surface area (Å²) in [5.41, 5.74) is 3.77. The van der Waals surface area contributed by atoms with Crippen LogP contribution in [0.5, 0.6) is 0 Å². The maximum Gasteiger partial charge on any atom is 0.255 e. The third-order valence-corrected chi connectivity index (χ3v) is 4.29. The Labute approximate surface area is 150 Å². The van der Waals surface area contributed by atoms with Gasteiger partial charge in [0.05, 0.1) is 5.69 Å². The van der Waals surface area contributed by atoms with Crippen LogP contribution in [0.2, 0.25) is 0 Å². The molecule has 2 aromatic carbocycles. The van der Waals surface area contributed by atoms with Gasteiger partial charge in [-0.2, -0.15) is 5.10 Å². The lowest BCUT2D eigenvalue weighted by Crippen LogP contribution is -2.14. The second kappa shape index (κ2) is 6.84. The highest BCUT2D eigenvalue weighted by Crippen LogP contribution is 2.30. The standard InChI is InChI=1S/C20H18N4O2/c25-19(13-4-5-13)22-16-8-6-14(7-9-16)20(26)23-17-3-1-2-15(12-17)18-10-11-21-24-18/h1-3,6-13H,4-5H2,(H,21,24)(H,22,25)(H,23,26). The molecule has 4 rings (SSSR count). The first-order valence-electron chi connectivity index (χ1n) is 8.51. The molecule has 1 aromatic heterocycles. The summed E-state index contributed by atoms with van der Waals surface area (Å²) in [7, 11) is 0. The molecule has 1 heterocycles. The number of carbonyl (C=O) groups is 2. The third-order valence-electron chi connectivity index (χ3n) is 4.29. The Balaban J connectivity index is 1.43. The van der Waals surface area contributed by atoms with Gasteiger partial charge < -0.3 is 10.6 Å². The fourth-order valence-corrected chi connectivity index (χ4v) is 2.68. The van der Waals surface area contributed by atoms with Crippen molar-refractivity contribution in [3.8, 4) is 11.3 Å². The smallest absolute Gasteiger partial charge is 0.255 e. The molecule has 1 fully saturated rings. The van der Waals surface area contributed by atoms with E-state index in [2.05, 4.69) is 20.8 Å². The van der Waals surface area contributed by atoms with Gasteiger partial charge in [0.2, 0.25) is 5.91 Å². The van der Waals surface area contributed by atoms with Crippen molar-refractivity contribution in [2.24, 2.45) is 5.92 Å². The summed E-state index contributed by atoms with van der Waals surface area (Å²) < 4.78 is 0. The molecule has 6 heteroatoms. The number of aromatic nitrogens is 2. The average Bonchev–Trinajstić information content (AvgIpc) is 3.37. The van der Waals surface area contributed by atoms with Crippen LogP contribution in [0, 0.1) is 5.92 Å². The molecule has 0 atom stereocenters. The summed E-state index contributed by atoms with van der Waals surface area (Å²) in [5.74, 6) is 0.00442. The van der Waals surface area contributed by atoms with E-state index in [9.17, 15) is 9.59 Å². The van der Waals surface area contributed by atoms with E-state index < -0.39 is 0 Å². The van der Waals surface area contributed by atoms with Crippen LogP contribution in [0.1, 0.15) is 23.2 Å². The van der Waals surface area contributed by atoms with Crippen molar-refractivity contribution >= 4 is 23.2 Å². The first kappa shape index (κ1) is 16.1. The number of carbonyl (C=O) groups excluding carboxylic acids is 2. The molecule has 3 N–H and O–H groups in total. The Morgan fingerprint density at radius 3 is 2.46 bits per heavy atom. The number of benzene rings is 2. The number of hydrogen-bond donors (Lipinski definition) is 3. The first-order valence-corrected chi connectivity index (χ1v) is 8.51.